The molecule has 0 fully saturated rings. The fraction of sp³-hybridized carbons (Fsp3) is 0.0800. The third-order valence-corrected chi connectivity index (χ3v) is 5.05. The van der Waals surface area contributed by atoms with Crippen molar-refractivity contribution in [1.82, 2.24) is 0 Å². The molecule has 4 aromatic rings. The monoisotopic (exact) mass is 369 g/mol. The van der Waals surface area contributed by atoms with Crippen LogP contribution in [0.25, 0.3) is 33.0 Å². The summed E-state index contributed by atoms with van der Waals surface area (Å²) < 4.78 is 28.9. The standard InChI is InChI=1S/C25H17F2N/c1-2-16-3-11-23-20(13-16)10-12-22(25(23)27)18-6-4-17(5-7-18)19-8-9-21(15-28)24(26)14-19/h3-14H,2H2,1H3. The van der Waals surface area contributed by atoms with E-state index in [1.807, 2.05) is 54.6 Å². The molecule has 0 spiro atoms. The van der Waals surface area contributed by atoms with E-state index in [2.05, 4.69) is 6.92 Å². The van der Waals surface area contributed by atoms with Crippen LogP contribution in [0.1, 0.15) is 18.1 Å². The van der Waals surface area contributed by atoms with E-state index in [1.54, 1.807) is 12.1 Å². The van der Waals surface area contributed by atoms with Crippen LogP contribution >= 0.6 is 0 Å². The average molecular weight is 369 g/mol. The quantitative estimate of drug-likeness (QED) is 0.386. The number of halogens is 2. The molecule has 0 atom stereocenters. The maximum Gasteiger partial charge on any atom is 0.141 e. The van der Waals surface area contributed by atoms with Crippen LogP contribution in [0.3, 0.4) is 0 Å². The molecular formula is C25H17F2N. The summed E-state index contributed by atoms with van der Waals surface area (Å²) in [6.07, 6.45) is 0.913. The number of nitrogens with zero attached hydrogens (tertiary/aromatic N) is 1. The maximum absolute atomic E-state index is 15.1. The predicted molar refractivity (Wildman–Crippen MR) is 109 cm³/mol. The zero-order valence-corrected chi connectivity index (χ0v) is 15.3. The summed E-state index contributed by atoms with van der Waals surface area (Å²) in [7, 11) is 0. The van der Waals surface area contributed by atoms with Gasteiger partial charge in [0.25, 0.3) is 0 Å². The van der Waals surface area contributed by atoms with E-state index in [9.17, 15) is 4.39 Å². The Morgan fingerprint density at radius 3 is 2.18 bits per heavy atom. The number of benzene rings is 4. The molecule has 0 aromatic heterocycles. The van der Waals surface area contributed by atoms with Crippen LogP contribution in [0.2, 0.25) is 0 Å². The minimum atomic E-state index is -0.545. The number of nitriles is 1. The van der Waals surface area contributed by atoms with Gasteiger partial charge in [0, 0.05) is 10.9 Å². The van der Waals surface area contributed by atoms with Crippen molar-refractivity contribution in [3.05, 3.63) is 95.6 Å². The van der Waals surface area contributed by atoms with Crippen LogP contribution in [0, 0.1) is 23.0 Å². The summed E-state index contributed by atoms with van der Waals surface area (Å²) in [5.74, 6) is -0.784. The lowest BCUT2D eigenvalue weighted by Crippen LogP contribution is -1.89. The second-order valence-corrected chi connectivity index (χ2v) is 6.72. The molecule has 0 aliphatic heterocycles. The number of fused-ring (bicyclic) bond motifs is 1. The van der Waals surface area contributed by atoms with Crippen molar-refractivity contribution in [3.63, 3.8) is 0 Å². The van der Waals surface area contributed by atoms with Gasteiger partial charge in [-0.1, -0.05) is 67.6 Å². The molecule has 0 unspecified atom stereocenters. The van der Waals surface area contributed by atoms with Gasteiger partial charge >= 0.3 is 0 Å². The molecule has 1 nitrogen and oxygen atoms in total. The highest BCUT2D eigenvalue weighted by molar-refractivity contribution is 5.89. The fourth-order valence-electron chi connectivity index (χ4n) is 3.41. The first-order chi connectivity index (χ1) is 13.6. The van der Waals surface area contributed by atoms with Gasteiger partial charge in [0.05, 0.1) is 5.56 Å². The number of aryl methyl sites for hydroxylation is 1. The molecule has 0 radical (unpaired) electrons. The minimum Gasteiger partial charge on any atom is -0.206 e. The molecule has 0 saturated heterocycles. The number of hydrogen-bond donors (Lipinski definition) is 0. The Morgan fingerprint density at radius 1 is 0.786 bits per heavy atom. The summed E-state index contributed by atoms with van der Waals surface area (Å²) in [6, 6.07) is 23.2. The minimum absolute atomic E-state index is 0.0184. The number of rotatable bonds is 3. The van der Waals surface area contributed by atoms with E-state index >= 15 is 4.39 Å². The van der Waals surface area contributed by atoms with Gasteiger partial charge in [0.15, 0.2) is 0 Å². The summed E-state index contributed by atoms with van der Waals surface area (Å²) in [5.41, 5.74) is 3.98. The van der Waals surface area contributed by atoms with Crippen LogP contribution in [-0.2, 0) is 6.42 Å². The highest BCUT2D eigenvalue weighted by atomic mass is 19.1. The highest BCUT2D eigenvalue weighted by Crippen LogP contribution is 2.31. The first-order valence-corrected chi connectivity index (χ1v) is 9.12. The van der Waals surface area contributed by atoms with Crippen LogP contribution in [0.4, 0.5) is 8.78 Å². The molecular weight excluding hydrogens is 352 g/mol. The van der Waals surface area contributed by atoms with Crippen molar-refractivity contribution in [2.45, 2.75) is 13.3 Å². The van der Waals surface area contributed by atoms with Crippen LogP contribution in [0.5, 0.6) is 0 Å². The largest absolute Gasteiger partial charge is 0.206 e. The van der Waals surface area contributed by atoms with E-state index in [-0.39, 0.29) is 11.4 Å². The Balaban J connectivity index is 1.72. The third kappa shape index (κ3) is 3.14. The van der Waals surface area contributed by atoms with E-state index in [0.29, 0.717) is 16.5 Å². The zero-order valence-electron chi connectivity index (χ0n) is 15.3. The summed E-state index contributed by atoms with van der Waals surface area (Å²) in [5, 5.41) is 10.3. The van der Waals surface area contributed by atoms with Gasteiger partial charge in [-0.15, -0.1) is 0 Å². The van der Waals surface area contributed by atoms with E-state index in [0.717, 1.165) is 22.9 Å². The topological polar surface area (TPSA) is 23.8 Å². The lowest BCUT2D eigenvalue weighted by atomic mass is 9.96. The van der Waals surface area contributed by atoms with E-state index in [4.69, 9.17) is 5.26 Å². The Labute approximate surface area is 162 Å². The molecule has 4 rings (SSSR count). The van der Waals surface area contributed by atoms with Crippen LogP contribution in [-0.4, -0.2) is 0 Å². The lowest BCUT2D eigenvalue weighted by Gasteiger charge is -2.09. The molecule has 28 heavy (non-hydrogen) atoms. The SMILES string of the molecule is CCc1ccc2c(F)c(-c3ccc(-c4ccc(C#N)c(F)c4)cc3)ccc2c1. The van der Waals surface area contributed by atoms with Crippen LogP contribution in [0.15, 0.2) is 72.8 Å². The van der Waals surface area contributed by atoms with E-state index < -0.39 is 5.82 Å². The van der Waals surface area contributed by atoms with Crippen molar-refractivity contribution in [1.29, 1.82) is 5.26 Å². The fourth-order valence-corrected chi connectivity index (χ4v) is 3.41. The molecule has 0 aliphatic rings. The van der Waals surface area contributed by atoms with Gasteiger partial charge in [0.2, 0.25) is 0 Å². The van der Waals surface area contributed by atoms with Crippen molar-refractivity contribution < 1.29 is 8.78 Å². The summed E-state index contributed by atoms with van der Waals surface area (Å²) in [6.45, 7) is 2.08. The average Bonchev–Trinajstić information content (AvgIpc) is 2.74. The Hall–Kier alpha value is -3.51. The highest BCUT2D eigenvalue weighted by Gasteiger charge is 2.11. The van der Waals surface area contributed by atoms with Gasteiger partial charge in [0.1, 0.15) is 17.7 Å². The lowest BCUT2D eigenvalue weighted by molar-refractivity contribution is 0.624. The van der Waals surface area contributed by atoms with Crippen molar-refractivity contribution in [2.24, 2.45) is 0 Å². The van der Waals surface area contributed by atoms with Crippen molar-refractivity contribution >= 4 is 10.8 Å². The maximum atomic E-state index is 15.1. The van der Waals surface area contributed by atoms with Gasteiger partial charge in [-0.2, -0.15) is 5.26 Å². The Kier molecular flexibility index (Phi) is 4.63. The molecule has 136 valence electrons. The summed E-state index contributed by atoms with van der Waals surface area (Å²) >= 11 is 0. The molecule has 0 amide bonds. The molecule has 0 N–H and O–H groups in total. The zero-order chi connectivity index (χ0) is 19.7. The third-order valence-electron chi connectivity index (χ3n) is 5.05. The van der Waals surface area contributed by atoms with Crippen LogP contribution < -0.4 is 0 Å². The molecule has 3 heteroatoms. The molecule has 4 aromatic carbocycles. The van der Waals surface area contributed by atoms with Gasteiger partial charge in [-0.25, -0.2) is 8.78 Å². The smallest absolute Gasteiger partial charge is 0.141 e. The summed E-state index contributed by atoms with van der Waals surface area (Å²) in [4.78, 5) is 0. The van der Waals surface area contributed by atoms with Gasteiger partial charge in [-0.05, 0) is 46.2 Å². The first kappa shape index (κ1) is 17.9. The predicted octanol–water partition coefficient (Wildman–Crippen LogP) is 6.89. The number of hydrogen-bond acceptors (Lipinski definition) is 1. The second-order valence-electron chi connectivity index (χ2n) is 6.72. The van der Waals surface area contributed by atoms with Crippen molar-refractivity contribution in [3.8, 4) is 28.3 Å². The second kappa shape index (κ2) is 7.25. The van der Waals surface area contributed by atoms with Gasteiger partial charge in [-0.3, -0.25) is 0 Å². The normalized spacial score (nSPS) is 10.8. The Morgan fingerprint density at radius 2 is 1.50 bits per heavy atom. The molecule has 0 bridgehead atoms. The Bertz CT molecular complexity index is 1220. The molecule has 0 saturated carbocycles. The van der Waals surface area contributed by atoms with Crippen molar-refractivity contribution in [2.75, 3.05) is 0 Å². The molecule has 0 aliphatic carbocycles. The first-order valence-electron chi connectivity index (χ1n) is 9.12. The molecule has 0 heterocycles. The van der Waals surface area contributed by atoms with E-state index in [1.165, 1.54) is 17.7 Å². The van der Waals surface area contributed by atoms with Gasteiger partial charge < -0.3 is 0 Å².